The summed E-state index contributed by atoms with van der Waals surface area (Å²) in [6.07, 6.45) is 5.60. The summed E-state index contributed by atoms with van der Waals surface area (Å²) in [5.74, 6) is 2.53. The number of nitrogens with one attached hydrogen (secondary N) is 1. The van der Waals surface area contributed by atoms with Crippen LogP contribution in [0, 0.1) is 5.92 Å². The van der Waals surface area contributed by atoms with Gasteiger partial charge < -0.3 is 9.73 Å². The quantitative estimate of drug-likeness (QED) is 0.781. The average molecular weight is 193 g/mol. The molecule has 0 saturated heterocycles. The Labute approximate surface area is 85.7 Å². The van der Waals surface area contributed by atoms with Crippen LogP contribution in [0.3, 0.4) is 0 Å². The molecule has 1 fully saturated rings. The van der Waals surface area contributed by atoms with Gasteiger partial charge in [-0.2, -0.15) is 0 Å². The Kier molecular flexibility index (Phi) is 2.92. The summed E-state index contributed by atoms with van der Waals surface area (Å²) in [5.41, 5.74) is 0. The SMILES string of the molecule is CNC1CCC(C)C(c2ccco2)C1. The number of hydrogen-bond acceptors (Lipinski definition) is 2. The Morgan fingerprint density at radius 1 is 1.43 bits per heavy atom. The molecule has 1 aromatic heterocycles. The molecular weight excluding hydrogens is 174 g/mol. The van der Waals surface area contributed by atoms with Crippen LogP contribution in [-0.4, -0.2) is 13.1 Å². The van der Waals surface area contributed by atoms with E-state index in [1.54, 1.807) is 6.26 Å². The van der Waals surface area contributed by atoms with Gasteiger partial charge in [0.15, 0.2) is 0 Å². The summed E-state index contributed by atoms with van der Waals surface area (Å²) < 4.78 is 5.51. The van der Waals surface area contributed by atoms with E-state index < -0.39 is 0 Å². The molecule has 78 valence electrons. The topological polar surface area (TPSA) is 25.2 Å². The largest absolute Gasteiger partial charge is 0.469 e. The molecule has 0 spiro atoms. The van der Waals surface area contributed by atoms with Gasteiger partial charge in [0.05, 0.1) is 6.26 Å². The van der Waals surface area contributed by atoms with Crippen molar-refractivity contribution in [1.82, 2.24) is 5.32 Å². The van der Waals surface area contributed by atoms with Crippen molar-refractivity contribution in [2.45, 2.75) is 38.1 Å². The van der Waals surface area contributed by atoms with Crippen LogP contribution in [0.15, 0.2) is 22.8 Å². The van der Waals surface area contributed by atoms with Crippen molar-refractivity contribution < 1.29 is 4.42 Å². The third kappa shape index (κ3) is 1.85. The first-order chi connectivity index (χ1) is 6.81. The smallest absolute Gasteiger partial charge is 0.107 e. The minimum absolute atomic E-state index is 0.608. The molecule has 1 aliphatic rings. The number of hydrogen-bond donors (Lipinski definition) is 1. The fraction of sp³-hybridized carbons (Fsp3) is 0.667. The molecule has 0 aliphatic heterocycles. The number of furan rings is 1. The lowest BCUT2D eigenvalue weighted by molar-refractivity contribution is 0.250. The lowest BCUT2D eigenvalue weighted by Crippen LogP contribution is -2.33. The summed E-state index contributed by atoms with van der Waals surface area (Å²) in [7, 11) is 2.06. The highest BCUT2D eigenvalue weighted by Gasteiger charge is 2.29. The molecule has 1 N–H and O–H groups in total. The fourth-order valence-corrected chi connectivity index (χ4v) is 2.48. The van der Waals surface area contributed by atoms with Crippen molar-refractivity contribution >= 4 is 0 Å². The van der Waals surface area contributed by atoms with Crippen LogP contribution in [0.5, 0.6) is 0 Å². The highest BCUT2D eigenvalue weighted by molar-refractivity contribution is 5.08. The zero-order valence-electron chi connectivity index (χ0n) is 8.99. The van der Waals surface area contributed by atoms with Gasteiger partial charge in [0, 0.05) is 12.0 Å². The zero-order valence-corrected chi connectivity index (χ0v) is 8.99. The van der Waals surface area contributed by atoms with Crippen molar-refractivity contribution in [2.24, 2.45) is 5.92 Å². The second-order valence-electron chi connectivity index (χ2n) is 4.40. The molecule has 2 nitrogen and oxygen atoms in total. The van der Waals surface area contributed by atoms with Crippen LogP contribution in [-0.2, 0) is 0 Å². The third-order valence-electron chi connectivity index (χ3n) is 3.51. The molecule has 1 aromatic rings. The normalized spacial score (nSPS) is 33.1. The van der Waals surface area contributed by atoms with E-state index in [0.717, 1.165) is 11.7 Å². The second-order valence-corrected chi connectivity index (χ2v) is 4.40. The molecule has 3 unspecified atom stereocenters. The van der Waals surface area contributed by atoms with Crippen LogP contribution in [0.4, 0.5) is 0 Å². The first kappa shape index (κ1) is 9.78. The highest BCUT2D eigenvalue weighted by Crippen LogP contribution is 2.37. The molecule has 2 heteroatoms. The lowest BCUT2D eigenvalue weighted by atomic mass is 9.77. The molecule has 1 saturated carbocycles. The third-order valence-corrected chi connectivity index (χ3v) is 3.51. The molecule has 0 aromatic carbocycles. The molecule has 1 heterocycles. The van der Waals surface area contributed by atoms with Crippen LogP contribution in [0.2, 0.25) is 0 Å². The summed E-state index contributed by atoms with van der Waals surface area (Å²) in [6, 6.07) is 4.77. The predicted octanol–water partition coefficient (Wildman–Crippen LogP) is 2.77. The van der Waals surface area contributed by atoms with E-state index in [0.29, 0.717) is 12.0 Å². The number of rotatable bonds is 2. The maximum absolute atomic E-state index is 5.51. The Morgan fingerprint density at radius 2 is 2.29 bits per heavy atom. The fourth-order valence-electron chi connectivity index (χ4n) is 2.48. The minimum atomic E-state index is 0.608. The molecule has 3 atom stereocenters. The lowest BCUT2D eigenvalue weighted by Gasteiger charge is -2.32. The molecule has 1 aliphatic carbocycles. The van der Waals surface area contributed by atoms with Gasteiger partial charge in [-0.1, -0.05) is 6.92 Å². The van der Waals surface area contributed by atoms with Crippen molar-refractivity contribution in [2.75, 3.05) is 7.05 Å². The molecule has 0 bridgehead atoms. The van der Waals surface area contributed by atoms with Gasteiger partial charge in [-0.05, 0) is 44.4 Å². The molecular formula is C12H19NO. The Morgan fingerprint density at radius 3 is 2.93 bits per heavy atom. The van der Waals surface area contributed by atoms with Crippen molar-refractivity contribution in [1.29, 1.82) is 0 Å². The van der Waals surface area contributed by atoms with E-state index >= 15 is 0 Å². The van der Waals surface area contributed by atoms with Gasteiger partial charge in [-0.25, -0.2) is 0 Å². The Hall–Kier alpha value is -0.760. The molecule has 0 radical (unpaired) electrons. The van der Waals surface area contributed by atoms with Crippen molar-refractivity contribution in [3.63, 3.8) is 0 Å². The van der Waals surface area contributed by atoms with Crippen molar-refractivity contribution in [3.8, 4) is 0 Å². The van der Waals surface area contributed by atoms with Crippen LogP contribution in [0.25, 0.3) is 0 Å². The Bertz CT molecular complexity index is 268. The van der Waals surface area contributed by atoms with E-state index in [9.17, 15) is 0 Å². The van der Waals surface area contributed by atoms with Crippen LogP contribution >= 0.6 is 0 Å². The van der Waals surface area contributed by atoms with Gasteiger partial charge in [-0.15, -0.1) is 0 Å². The zero-order chi connectivity index (χ0) is 9.97. The maximum Gasteiger partial charge on any atom is 0.107 e. The first-order valence-corrected chi connectivity index (χ1v) is 5.52. The molecule has 0 amide bonds. The van der Waals surface area contributed by atoms with E-state index in [2.05, 4.69) is 25.4 Å². The van der Waals surface area contributed by atoms with Crippen LogP contribution in [0.1, 0.15) is 37.9 Å². The van der Waals surface area contributed by atoms with Gasteiger partial charge >= 0.3 is 0 Å². The minimum Gasteiger partial charge on any atom is -0.469 e. The van der Waals surface area contributed by atoms with E-state index in [1.807, 2.05) is 6.07 Å². The summed E-state index contributed by atoms with van der Waals surface area (Å²) in [4.78, 5) is 0. The Balaban J connectivity index is 2.09. The summed E-state index contributed by atoms with van der Waals surface area (Å²) >= 11 is 0. The van der Waals surface area contributed by atoms with E-state index in [-0.39, 0.29) is 0 Å². The monoisotopic (exact) mass is 193 g/mol. The van der Waals surface area contributed by atoms with Crippen molar-refractivity contribution in [3.05, 3.63) is 24.2 Å². The predicted molar refractivity (Wildman–Crippen MR) is 57.3 cm³/mol. The van der Waals surface area contributed by atoms with Gasteiger partial charge in [-0.3, -0.25) is 0 Å². The van der Waals surface area contributed by atoms with Crippen LogP contribution < -0.4 is 5.32 Å². The van der Waals surface area contributed by atoms with Gasteiger partial charge in [0.25, 0.3) is 0 Å². The maximum atomic E-state index is 5.51. The average Bonchev–Trinajstić information content (AvgIpc) is 2.71. The molecule has 2 rings (SSSR count). The molecule has 14 heavy (non-hydrogen) atoms. The van der Waals surface area contributed by atoms with Gasteiger partial charge in [0.1, 0.15) is 5.76 Å². The standard InChI is InChI=1S/C12H19NO/c1-9-5-6-10(13-2)8-11(9)12-4-3-7-14-12/h3-4,7,9-11,13H,5-6,8H2,1-2H3. The van der Waals surface area contributed by atoms with E-state index in [1.165, 1.54) is 19.3 Å². The second kappa shape index (κ2) is 4.18. The van der Waals surface area contributed by atoms with E-state index in [4.69, 9.17) is 4.42 Å². The first-order valence-electron chi connectivity index (χ1n) is 5.52. The van der Waals surface area contributed by atoms with Gasteiger partial charge in [0.2, 0.25) is 0 Å². The summed E-state index contributed by atoms with van der Waals surface area (Å²) in [5, 5.41) is 3.37. The highest BCUT2D eigenvalue weighted by atomic mass is 16.3. The summed E-state index contributed by atoms with van der Waals surface area (Å²) in [6.45, 7) is 2.33.